The fourth-order valence-corrected chi connectivity index (χ4v) is 4.83. The van der Waals surface area contributed by atoms with Crippen LogP contribution in [0.2, 0.25) is 5.02 Å². The molecule has 1 atom stereocenters. The zero-order valence-electron chi connectivity index (χ0n) is 16.6. The third kappa shape index (κ3) is 4.56. The molecule has 30 heavy (non-hydrogen) atoms. The Morgan fingerprint density at radius 1 is 1.20 bits per heavy atom. The largest absolute Gasteiger partial charge is 0.381 e. The molecule has 0 aromatic heterocycles. The fourth-order valence-electron chi connectivity index (χ4n) is 4.30. The summed E-state index contributed by atoms with van der Waals surface area (Å²) >= 11 is 9.50. The van der Waals surface area contributed by atoms with Gasteiger partial charge >= 0.3 is 0 Å². The zero-order chi connectivity index (χ0) is 21.1. The Hall–Kier alpha value is -1.89. The Labute approximate surface area is 189 Å². The summed E-state index contributed by atoms with van der Waals surface area (Å²) in [7, 11) is 0. The van der Waals surface area contributed by atoms with Crippen LogP contribution in [0.5, 0.6) is 0 Å². The Kier molecular flexibility index (Phi) is 6.46. The summed E-state index contributed by atoms with van der Waals surface area (Å²) in [5, 5.41) is 3.76. The second-order valence-electron chi connectivity index (χ2n) is 8.00. The number of nitrogens with one attached hydrogen (secondary N) is 1. The number of anilines is 1. The smallest absolute Gasteiger partial charge is 0.227 e. The molecular formula is C23H24BrClN2O3. The Balaban J connectivity index is 1.44. The van der Waals surface area contributed by atoms with E-state index in [2.05, 4.69) is 33.4 Å². The van der Waals surface area contributed by atoms with Crippen LogP contribution in [0.1, 0.15) is 24.8 Å². The number of carbonyl (C=O) groups excluding carboxylic acids is 2. The predicted octanol–water partition coefficient (Wildman–Crippen LogP) is 4.32. The lowest BCUT2D eigenvalue weighted by Gasteiger charge is -2.38. The third-order valence-corrected chi connectivity index (χ3v) is 6.87. The molecular weight excluding hydrogens is 468 g/mol. The topological polar surface area (TPSA) is 58.6 Å². The van der Waals surface area contributed by atoms with Gasteiger partial charge in [-0.25, -0.2) is 0 Å². The average Bonchev–Trinajstić information content (AvgIpc) is 3.15. The molecule has 0 bridgehead atoms. The maximum atomic E-state index is 13.0. The number of hydrogen-bond acceptors (Lipinski definition) is 3. The number of amides is 2. The van der Waals surface area contributed by atoms with Gasteiger partial charge in [-0.15, -0.1) is 0 Å². The van der Waals surface area contributed by atoms with E-state index in [0.717, 1.165) is 23.0 Å². The molecule has 2 heterocycles. The number of halogens is 2. The van der Waals surface area contributed by atoms with E-state index in [-0.39, 0.29) is 29.6 Å². The molecule has 0 spiro atoms. The van der Waals surface area contributed by atoms with Crippen LogP contribution in [-0.4, -0.2) is 38.1 Å². The lowest BCUT2D eigenvalue weighted by Crippen LogP contribution is -2.46. The maximum absolute atomic E-state index is 13.0. The second kappa shape index (κ2) is 9.08. The molecule has 2 fully saturated rings. The highest BCUT2D eigenvalue weighted by Gasteiger charge is 2.38. The SMILES string of the molecule is O=C(NCC1(c2cccc(Br)c2)CCOCC1)C1CC(=O)N(c2ccc(Cl)cc2)C1. The summed E-state index contributed by atoms with van der Waals surface area (Å²) in [6, 6.07) is 15.4. The molecule has 2 aliphatic rings. The van der Waals surface area contributed by atoms with E-state index < -0.39 is 0 Å². The van der Waals surface area contributed by atoms with Crippen molar-refractivity contribution in [3.63, 3.8) is 0 Å². The average molecular weight is 492 g/mol. The number of benzene rings is 2. The normalized spacial score (nSPS) is 20.9. The van der Waals surface area contributed by atoms with Gasteiger partial charge in [-0.05, 0) is 54.8 Å². The van der Waals surface area contributed by atoms with Crippen molar-refractivity contribution in [1.29, 1.82) is 0 Å². The van der Waals surface area contributed by atoms with E-state index in [1.807, 2.05) is 24.3 Å². The Bertz CT molecular complexity index is 928. The van der Waals surface area contributed by atoms with E-state index in [1.54, 1.807) is 17.0 Å². The highest BCUT2D eigenvalue weighted by atomic mass is 79.9. The molecule has 0 saturated carbocycles. The minimum atomic E-state index is -0.354. The van der Waals surface area contributed by atoms with Crippen molar-refractivity contribution in [2.75, 3.05) is 31.2 Å². The highest BCUT2D eigenvalue weighted by Crippen LogP contribution is 2.36. The number of hydrogen-bond donors (Lipinski definition) is 1. The summed E-state index contributed by atoms with van der Waals surface area (Å²) < 4.78 is 6.61. The monoisotopic (exact) mass is 490 g/mol. The van der Waals surface area contributed by atoms with Crippen LogP contribution in [0, 0.1) is 5.92 Å². The van der Waals surface area contributed by atoms with Crippen molar-refractivity contribution < 1.29 is 14.3 Å². The minimum Gasteiger partial charge on any atom is -0.381 e. The van der Waals surface area contributed by atoms with Gasteiger partial charge in [0.15, 0.2) is 0 Å². The molecule has 1 N–H and O–H groups in total. The molecule has 7 heteroatoms. The lowest BCUT2D eigenvalue weighted by atomic mass is 9.74. The van der Waals surface area contributed by atoms with E-state index in [9.17, 15) is 9.59 Å². The molecule has 1 unspecified atom stereocenters. The van der Waals surface area contributed by atoms with Crippen LogP contribution in [0.3, 0.4) is 0 Å². The van der Waals surface area contributed by atoms with Gasteiger partial charge in [-0.2, -0.15) is 0 Å². The summed E-state index contributed by atoms with van der Waals surface area (Å²) in [5.74, 6) is -0.460. The molecule has 5 nitrogen and oxygen atoms in total. The third-order valence-electron chi connectivity index (χ3n) is 6.12. The molecule has 0 radical (unpaired) electrons. The van der Waals surface area contributed by atoms with Gasteiger partial charge in [-0.3, -0.25) is 9.59 Å². The van der Waals surface area contributed by atoms with Crippen LogP contribution in [-0.2, 0) is 19.7 Å². The van der Waals surface area contributed by atoms with Crippen molar-refractivity contribution in [2.45, 2.75) is 24.7 Å². The highest BCUT2D eigenvalue weighted by molar-refractivity contribution is 9.10. The first-order valence-corrected chi connectivity index (χ1v) is 11.3. The Morgan fingerprint density at radius 3 is 2.63 bits per heavy atom. The zero-order valence-corrected chi connectivity index (χ0v) is 18.9. The van der Waals surface area contributed by atoms with Gasteiger partial charge in [-0.1, -0.05) is 39.7 Å². The number of carbonyl (C=O) groups is 2. The van der Waals surface area contributed by atoms with Gasteiger partial charge < -0.3 is 15.0 Å². The Morgan fingerprint density at radius 2 is 1.93 bits per heavy atom. The van der Waals surface area contributed by atoms with Crippen LogP contribution >= 0.6 is 27.5 Å². The van der Waals surface area contributed by atoms with Gasteiger partial charge in [0.25, 0.3) is 0 Å². The molecule has 2 aromatic rings. The fraction of sp³-hybridized carbons (Fsp3) is 0.391. The van der Waals surface area contributed by atoms with Crippen molar-refractivity contribution in [1.82, 2.24) is 5.32 Å². The molecule has 2 amide bonds. The standard InChI is InChI=1S/C23H24BrClN2O3/c24-18-3-1-2-17(13-18)23(8-10-30-11-9-23)15-26-22(29)16-12-21(28)27(14-16)20-6-4-19(25)5-7-20/h1-7,13,16H,8-12,14-15H2,(H,26,29). The van der Waals surface area contributed by atoms with Crippen molar-refractivity contribution in [3.05, 3.63) is 63.6 Å². The van der Waals surface area contributed by atoms with Crippen molar-refractivity contribution in [3.8, 4) is 0 Å². The van der Waals surface area contributed by atoms with E-state index in [4.69, 9.17) is 16.3 Å². The van der Waals surface area contributed by atoms with Crippen LogP contribution in [0.15, 0.2) is 53.0 Å². The molecule has 2 aromatic carbocycles. The molecule has 158 valence electrons. The van der Waals surface area contributed by atoms with Crippen molar-refractivity contribution in [2.24, 2.45) is 5.92 Å². The first kappa shape index (κ1) is 21.3. The molecule has 2 saturated heterocycles. The summed E-state index contributed by atoms with van der Waals surface area (Å²) in [4.78, 5) is 27.1. The van der Waals surface area contributed by atoms with Crippen LogP contribution in [0.25, 0.3) is 0 Å². The summed E-state index contributed by atoms with van der Waals surface area (Å²) in [6.07, 6.45) is 1.93. The molecule has 4 rings (SSSR count). The maximum Gasteiger partial charge on any atom is 0.227 e. The van der Waals surface area contributed by atoms with E-state index in [1.165, 1.54) is 5.56 Å². The van der Waals surface area contributed by atoms with Gasteiger partial charge in [0, 0.05) is 53.3 Å². The second-order valence-corrected chi connectivity index (χ2v) is 9.35. The first-order chi connectivity index (χ1) is 14.5. The summed E-state index contributed by atoms with van der Waals surface area (Å²) in [5.41, 5.74) is 1.82. The first-order valence-electron chi connectivity index (χ1n) is 10.1. The number of ether oxygens (including phenoxy) is 1. The van der Waals surface area contributed by atoms with Gasteiger partial charge in [0.1, 0.15) is 0 Å². The molecule has 0 aliphatic carbocycles. The van der Waals surface area contributed by atoms with Crippen LogP contribution in [0.4, 0.5) is 5.69 Å². The van der Waals surface area contributed by atoms with Gasteiger partial charge in [0.2, 0.25) is 11.8 Å². The van der Waals surface area contributed by atoms with Crippen LogP contribution < -0.4 is 10.2 Å². The van der Waals surface area contributed by atoms with E-state index in [0.29, 0.717) is 31.3 Å². The lowest BCUT2D eigenvalue weighted by molar-refractivity contribution is -0.126. The molecule has 2 aliphatic heterocycles. The van der Waals surface area contributed by atoms with Crippen molar-refractivity contribution >= 4 is 45.0 Å². The number of rotatable bonds is 5. The van der Waals surface area contributed by atoms with E-state index >= 15 is 0 Å². The number of nitrogens with zero attached hydrogens (tertiary/aromatic N) is 1. The summed E-state index contributed by atoms with van der Waals surface area (Å²) in [6.45, 7) is 2.28. The van der Waals surface area contributed by atoms with Gasteiger partial charge in [0.05, 0.1) is 5.92 Å². The quantitative estimate of drug-likeness (QED) is 0.678. The predicted molar refractivity (Wildman–Crippen MR) is 121 cm³/mol. The minimum absolute atomic E-state index is 0.0368.